The number of hydrogen-bond donors (Lipinski definition) is 3. The van der Waals surface area contributed by atoms with E-state index in [0.717, 1.165) is 42.9 Å². The van der Waals surface area contributed by atoms with Gasteiger partial charge in [-0.3, -0.25) is 9.59 Å². The molecular weight excluding hydrogens is 383 g/mol. The lowest BCUT2D eigenvalue weighted by Crippen LogP contribution is -2.45. The van der Waals surface area contributed by atoms with Gasteiger partial charge in [-0.25, -0.2) is 4.39 Å². The van der Waals surface area contributed by atoms with Gasteiger partial charge in [0.2, 0.25) is 5.91 Å². The number of hydrogen-bond acceptors (Lipinski definition) is 3. The Hall–Kier alpha value is -2.73. The number of aryl methyl sites for hydroxylation is 1. The molecule has 0 aromatic heterocycles. The van der Waals surface area contributed by atoms with Crippen LogP contribution in [-0.2, 0) is 10.2 Å². The number of anilines is 1. The zero-order valence-electron chi connectivity index (χ0n) is 17.1. The highest BCUT2D eigenvalue weighted by atomic mass is 19.1. The molecule has 0 aliphatic heterocycles. The van der Waals surface area contributed by atoms with Crippen molar-refractivity contribution < 1.29 is 19.1 Å². The van der Waals surface area contributed by atoms with Crippen LogP contribution in [0.15, 0.2) is 42.5 Å². The zero-order chi connectivity index (χ0) is 21.3. The van der Waals surface area contributed by atoms with Crippen molar-refractivity contribution >= 4 is 17.5 Å². The van der Waals surface area contributed by atoms with E-state index >= 15 is 0 Å². The van der Waals surface area contributed by atoms with Gasteiger partial charge in [-0.05, 0) is 56.4 Å². The summed E-state index contributed by atoms with van der Waals surface area (Å²) in [6.07, 6.45) is 4.12. The summed E-state index contributed by atoms with van der Waals surface area (Å²) in [7, 11) is 0. The predicted octanol–water partition coefficient (Wildman–Crippen LogP) is 3.84. The van der Waals surface area contributed by atoms with Crippen LogP contribution in [0, 0.1) is 12.7 Å². The monoisotopic (exact) mass is 410 g/mol. The molecule has 2 amide bonds. The van der Waals surface area contributed by atoms with Gasteiger partial charge in [-0.2, -0.15) is 0 Å². The van der Waals surface area contributed by atoms with Crippen molar-refractivity contribution in [3.05, 3.63) is 65.0 Å². The molecule has 2 aromatic rings. The third-order valence-electron chi connectivity index (χ3n) is 6.25. The molecule has 2 atom stereocenters. The second-order valence-corrected chi connectivity index (χ2v) is 8.56. The maximum Gasteiger partial charge on any atom is 0.251 e. The molecule has 30 heavy (non-hydrogen) atoms. The molecule has 158 valence electrons. The number of amides is 2. The molecule has 0 spiro atoms. The number of carbonyl (C=O) groups excluding carboxylic acids is 2. The van der Waals surface area contributed by atoms with E-state index in [4.69, 9.17) is 0 Å². The van der Waals surface area contributed by atoms with Gasteiger partial charge < -0.3 is 15.7 Å². The van der Waals surface area contributed by atoms with Gasteiger partial charge in [0.15, 0.2) is 0 Å². The Kier molecular flexibility index (Phi) is 5.60. The molecule has 2 fully saturated rings. The number of aliphatic hydroxyl groups is 1. The Morgan fingerprint density at radius 3 is 2.43 bits per heavy atom. The highest BCUT2D eigenvalue weighted by molar-refractivity contribution is 6.02. The third kappa shape index (κ3) is 4.24. The average Bonchev–Trinajstić information content (AvgIpc) is 3.52. The van der Waals surface area contributed by atoms with Gasteiger partial charge in [0.25, 0.3) is 5.91 Å². The van der Waals surface area contributed by atoms with Crippen LogP contribution >= 0.6 is 0 Å². The smallest absolute Gasteiger partial charge is 0.251 e. The summed E-state index contributed by atoms with van der Waals surface area (Å²) in [5, 5.41) is 15.7. The van der Waals surface area contributed by atoms with Gasteiger partial charge in [0.1, 0.15) is 5.82 Å². The van der Waals surface area contributed by atoms with Crippen LogP contribution in [0.2, 0.25) is 0 Å². The normalized spacial score (nSPS) is 22.2. The summed E-state index contributed by atoms with van der Waals surface area (Å²) in [6.45, 7) is 2.00. The summed E-state index contributed by atoms with van der Waals surface area (Å²) < 4.78 is 14.2. The van der Waals surface area contributed by atoms with E-state index in [1.165, 1.54) is 12.1 Å². The molecule has 5 nitrogen and oxygen atoms in total. The first kappa shape index (κ1) is 20.5. The lowest BCUT2D eigenvalue weighted by molar-refractivity contribution is -0.118. The third-order valence-corrected chi connectivity index (χ3v) is 6.25. The Morgan fingerprint density at radius 2 is 1.77 bits per heavy atom. The molecule has 2 aliphatic carbocycles. The molecule has 0 saturated heterocycles. The standard InChI is InChI=1S/C24H27FN2O3/c1-15-6-8-17(9-7-15)24(10-11-24)23(30)26-19-13-16(12-18(25)14-19)22(29)27-20-4-2-3-5-21(20)28/h6-9,12-14,20-21,28H,2-5,10-11H2,1H3,(H,26,30)(H,27,29)/t20-,21-/m1/s1. The van der Waals surface area contributed by atoms with Crippen molar-refractivity contribution in [2.24, 2.45) is 0 Å². The Bertz CT molecular complexity index is 953. The number of carbonyl (C=O) groups is 2. The number of rotatable bonds is 5. The molecule has 4 rings (SSSR count). The van der Waals surface area contributed by atoms with Gasteiger partial charge >= 0.3 is 0 Å². The van der Waals surface area contributed by atoms with E-state index in [1.54, 1.807) is 0 Å². The lowest BCUT2D eigenvalue weighted by atomic mass is 9.92. The summed E-state index contributed by atoms with van der Waals surface area (Å²) in [4.78, 5) is 25.6. The van der Waals surface area contributed by atoms with E-state index < -0.39 is 23.2 Å². The van der Waals surface area contributed by atoms with E-state index in [1.807, 2.05) is 31.2 Å². The highest BCUT2D eigenvalue weighted by Gasteiger charge is 2.51. The van der Waals surface area contributed by atoms with Crippen molar-refractivity contribution in [1.29, 1.82) is 0 Å². The second-order valence-electron chi connectivity index (χ2n) is 8.56. The van der Waals surface area contributed by atoms with Crippen molar-refractivity contribution in [3.8, 4) is 0 Å². The Morgan fingerprint density at radius 1 is 1.07 bits per heavy atom. The zero-order valence-corrected chi connectivity index (χ0v) is 17.1. The Labute approximate surface area is 175 Å². The van der Waals surface area contributed by atoms with Gasteiger partial charge in [0, 0.05) is 11.3 Å². The van der Waals surface area contributed by atoms with E-state index in [9.17, 15) is 19.1 Å². The minimum absolute atomic E-state index is 0.128. The van der Waals surface area contributed by atoms with Crippen LogP contribution in [-0.4, -0.2) is 29.1 Å². The van der Waals surface area contributed by atoms with Crippen LogP contribution in [0.25, 0.3) is 0 Å². The molecular formula is C24H27FN2O3. The largest absolute Gasteiger partial charge is 0.391 e. The first-order chi connectivity index (χ1) is 14.4. The van der Waals surface area contributed by atoms with Crippen LogP contribution in [0.4, 0.5) is 10.1 Å². The second kappa shape index (κ2) is 8.19. The van der Waals surface area contributed by atoms with Crippen molar-refractivity contribution in [3.63, 3.8) is 0 Å². The minimum Gasteiger partial charge on any atom is -0.391 e. The van der Waals surface area contributed by atoms with Crippen LogP contribution in [0.5, 0.6) is 0 Å². The Balaban J connectivity index is 1.48. The predicted molar refractivity (Wildman–Crippen MR) is 113 cm³/mol. The van der Waals surface area contributed by atoms with E-state index in [0.29, 0.717) is 12.8 Å². The molecule has 0 radical (unpaired) electrons. The molecule has 0 heterocycles. The summed E-state index contributed by atoms with van der Waals surface area (Å²) in [6, 6.07) is 11.4. The number of nitrogens with one attached hydrogen (secondary N) is 2. The van der Waals surface area contributed by atoms with E-state index in [2.05, 4.69) is 10.6 Å². The number of benzene rings is 2. The van der Waals surface area contributed by atoms with E-state index in [-0.39, 0.29) is 23.2 Å². The van der Waals surface area contributed by atoms with Gasteiger partial charge in [-0.1, -0.05) is 42.7 Å². The molecule has 2 aliphatic rings. The minimum atomic E-state index is -0.595. The fourth-order valence-corrected chi connectivity index (χ4v) is 4.22. The maximum atomic E-state index is 14.2. The molecule has 0 unspecified atom stereocenters. The van der Waals surface area contributed by atoms with Crippen molar-refractivity contribution in [1.82, 2.24) is 5.32 Å². The first-order valence-corrected chi connectivity index (χ1v) is 10.6. The molecule has 2 saturated carbocycles. The quantitative estimate of drug-likeness (QED) is 0.701. The maximum absolute atomic E-state index is 14.2. The molecule has 2 aromatic carbocycles. The highest BCUT2D eigenvalue weighted by Crippen LogP contribution is 2.49. The van der Waals surface area contributed by atoms with Crippen LogP contribution in [0.3, 0.4) is 0 Å². The fraction of sp³-hybridized carbons (Fsp3) is 0.417. The fourth-order valence-electron chi connectivity index (χ4n) is 4.22. The summed E-state index contributed by atoms with van der Waals surface area (Å²) in [5.41, 5.74) is 1.87. The van der Waals surface area contributed by atoms with Crippen LogP contribution < -0.4 is 10.6 Å². The number of halogens is 1. The van der Waals surface area contributed by atoms with Gasteiger partial charge in [0.05, 0.1) is 17.6 Å². The average molecular weight is 410 g/mol. The molecule has 6 heteroatoms. The van der Waals surface area contributed by atoms with Crippen LogP contribution in [0.1, 0.15) is 60.0 Å². The van der Waals surface area contributed by atoms with Gasteiger partial charge in [-0.15, -0.1) is 0 Å². The lowest BCUT2D eigenvalue weighted by Gasteiger charge is -2.28. The SMILES string of the molecule is Cc1ccc(C2(C(=O)Nc3cc(F)cc(C(=O)N[C@@H]4CCCC[C@H]4O)c3)CC2)cc1. The topological polar surface area (TPSA) is 78.4 Å². The van der Waals surface area contributed by atoms with Crippen molar-refractivity contribution in [2.45, 2.75) is 63.0 Å². The summed E-state index contributed by atoms with van der Waals surface area (Å²) in [5.74, 6) is -1.23. The summed E-state index contributed by atoms with van der Waals surface area (Å²) >= 11 is 0. The molecule has 0 bridgehead atoms. The number of aliphatic hydroxyl groups excluding tert-OH is 1. The first-order valence-electron chi connectivity index (χ1n) is 10.6. The molecule has 3 N–H and O–H groups in total. The van der Waals surface area contributed by atoms with Crippen molar-refractivity contribution in [2.75, 3.05) is 5.32 Å².